The molecular formula is C10H10O5. The molecule has 0 radical (unpaired) electrons. The molecule has 0 atom stereocenters. The number of carbonyl (C=O) groups is 2. The summed E-state index contributed by atoms with van der Waals surface area (Å²) in [4.78, 5) is 21.4. The maximum Gasteiger partial charge on any atom is 0.322 e. The van der Waals surface area contributed by atoms with Crippen molar-refractivity contribution in [1.82, 2.24) is 0 Å². The maximum atomic E-state index is 10.7. The Balaban J connectivity index is 3.02. The van der Waals surface area contributed by atoms with E-state index in [0.717, 1.165) is 0 Å². The fourth-order valence-electron chi connectivity index (χ4n) is 1.19. The second-order valence-electron chi connectivity index (χ2n) is 2.88. The van der Waals surface area contributed by atoms with Gasteiger partial charge in [0.1, 0.15) is 5.75 Å². The molecule has 0 aromatic heterocycles. The minimum absolute atomic E-state index is 0.218. The molecular weight excluding hydrogens is 200 g/mol. The first-order chi connectivity index (χ1) is 7.06. The van der Waals surface area contributed by atoms with Crippen molar-refractivity contribution in [3.8, 4) is 5.75 Å². The zero-order chi connectivity index (χ0) is 11.4. The van der Waals surface area contributed by atoms with E-state index in [2.05, 4.69) is 0 Å². The van der Waals surface area contributed by atoms with Gasteiger partial charge in [0.05, 0.1) is 7.11 Å². The van der Waals surface area contributed by atoms with E-state index in [-0.39, 0.29) is 5.56 Å². The van der Waals surface area contributed by atoms with Gasteiger partial charge in [0.15, 0.2) is 5.92 Å². The highest BCUT2D eigenvalue weighted by atomic mass is 16.5. The van der Waals surface area contributed by atoms with Gasteiger partial charge < -0.3 is 14.9 Å². The number of aliphatic carboxylic acids is 2. The van der Waals surface area contributed by atoms with Crippen LogP contribution < -0.4 is 4.74 Å². The molecule has 1 rings (SSSR count). The second kappa shape index (κ2) is 4.45. The topological polar surface area (TPSA) is 83.8 Å². The molecule has 15 heavy (non-hydrogen) atoms. The first-order valence-electron chi connectivity index (χ1n) is 4.16. The van der Waals surface area contributed by atoms with Gasteiger partial charge in [-0.2, -0.15) is 0 Å². The molecule has 0 heterocycles. The van der Waals surface area contributed by atoms with Crippen LogP contribution in [0.5, 0.6) is 5.75 Å². The van der Waals surface area contributed by atoms with E-state index >= 15 is 0 Å². The van der Waals surface area contributed by atoms with Gasteiger partial charge in [-0.1, -0.05) is 12.1 Å². The van der Waals surface area contributed by atoms with Gasteiger partial charge in [-0.15, -0.1) is 0 Å². The van der Waals surface area contributed by atoms with Gasteiger partial charge >= 0.3 is 11.9 Å². The van der Waals surface area contributed by atoms with Crippen LogP contribution in [0, 0.1) is 0 Å². The van der Waals surface area contributed by atoms with Crippen molar-refractivity contribution in [1.29, 1.82) is 0 Å². The van der Waals surface area contributed by atoms with Crippen molar-refractivity contribution in [3.63, 3.8) is 0 Å². The number of benzene rings is 1. The van der Waals surface area contributed by atoms with Crippen molar-refractivity contribution < 1.29 is 24.5 Å². The minimum atomic E-state index is -1.53. The summed E-state index contributed by atoms with van der Waals surface area (Å²) in [7, 11) is 1.47. The van der Waals surface area contributed by atoms with E-state index in [9.17, 15) is 9.59 Å². The van der Waals surface area contributed by atoms with Crippen LogP contribution in [-0.4, -0.2) is 29.3 Å². The quantitative estimate of drug-likeness (QED) is 0.723. The van der Waals surface area contributed by atoms with Crippen LogP contribution >= 0.6 is 0 Å². The molecule has 1 aromatic rings. The van der Waals surface area contributed by atoms with Gasteiger partial charge in [0.25, 0.3) is 0 Å². The van der Waals surface area contributed by atoms with Gasteiger partial charge in [-0.05, 0) is 17.7 Å². The second-order valence-corrected chi connectivity index (χ2v) is 2.88. The standard InChI is InChI=1S/C10H10O5/c1-15-7-4-2-6(3-5-7)8(9(11)12)10(13)14/h2-5,8H,1H3,(H,11,12)(H,13,14). The molecule has 0 unspecified atom stereocenters. The van der Waals surface area contributed by atoms with Gasteiger partial charge in [0.2, 0.25) is 0 Å². The summed E-state index contributed by atoms with van der Waals surface area (Å²) < 4.78 is 4.88. The van der Waals surface area contributed by atoms with Crippen molar-refractivity contribution in [3.05, 3.63) is 29.8 Å². The predicted octanol–water partition coefficient (Wildman–Crippen LogP) is 0.948. The number of methoxy groups -OCH3 is 1. The van der Waals surface area contributed by atoms with Crippen molar-refractivity contribution in [2.24, 2.45) is 0 Å². The van der Waals surface area contributed by atoms with E-state index in [1.54, 1.807) is 0 Å². The lowest BCUT2D eigenvalue weighted by atomic mass is 9.99. The van der Waals surface area contributed by atoms with E-state index in [0.29, 0.717) is 5.75 Å². The first kappa shape index (κ1) is 11.0. The highest BCUT2D eigenvalue weighted by molar-refractivity contribution is 5.98. The molecule has 5 nitrogen and oxygen atoms in total. The third-order valence-corrected chi connectivity index (χ3v) is 1.94. The summed E-state index contributed by atoms with van der Waals surface area (Å²) in [5.41, 5.74) is 0.218. The molecule has 0 saturated heterocycles. The monoisotopic (exact) mass is 210 g/mol. The number of hydrogen-bond acceptors (Lipinski definition) is 3. The number of rotatable bonds is 4. The fourth-order valence-corrected chi connectivity index (χ4v) is 1.19. The van der Waals surface area contributed by atoms with Crippen LogP contribution in [-0.2, 0) is 9.59 Å². The maximum absolute atomic E-state index is 10.7. The predicted molar refractivity (Wildman–Crippen MR) is 51.0 cm³/mol. The smallest absolute Gasteiger partial charge is 0.322 e. The first-order valence-corrected chi connectivity index (χ1v) is 4.16. The molecule has 0 spiro atoms. The Hall–Kier alpha value is -2.04. The molecule has 0 aliphatic heterocycles. The normalized spacial score (nSPS) is 10.0. The van der Waals surface area contributed by atoms with Crippen LogP contribution in [0.3, 0.4) is 0 Å². The Kier molecular flexibility index (Phi) is 3.28. The molecule has 1 aromatic carbocycles. The summed E-state index contributed by atoms with van der Waals surface area (Å²) in [6.07, 6.45) is 0. The van der Waals surface area contributed by atoms with Gasteiger partial charge in [-0.25, -0.2) is 0 Å². The summed E-state index contributed by atoms with van der Waals surface area (Å²) in [6.45, 7) is 0. The number of hydrogen-bond donors (Lipinski definition) is 2. The van der Waals surface area contributed by atoms with Crippen molar-refractivity contribution in [2.45, 2.75) is 5.92 Å². The molecule has 0 amide bonds. The summed E-state index contributed by atoms with van der Waals surface area (Å²) in [5, 5.41) is 17.4. The van der Waals surface area contributed by atoms with Crippen molar-refractivity contribution in [2.75, 3.05) is 7.11 Å². The third-order valence-electron chi connectivity index (χ3n) is 1.94. The van der Waals surface area contributed by atoms with Gasteiger partial charge in [0, 0.05) is 0 Å². The Morgan fingerprint density at radius 3 is 1.93 bits per heavy atom. The lowest BCUT2D eigenvalue weighted by Gasteiger charge is -2.08. The SMILES string of the molecule is COc1ccc(C(C(=O)O)C(=O)O)cc1. The lowest BCUT2D eigenvalue weighted by molar-refractivity contribution is -0.150. The summed E-state index contributed by atoms with van der Waals surface area (Å²) >= 11 is 0. The fraction of sp³-hybridized carbons (Fsp3) is 0.200. The van der Waals surface area contributed by atoms with Crippen LogP contribution in [0.15, 0.2) is 24.3 Å². The molecule has 0 aliphatic rings. The minimum Gasteiger partial charge on any atom is -0.497 e. The van der Waals surface area contributed by atoms with E-state index in [4.69, 9.17) is 14.9 Å². The molecule has 0 fully saturated rings. The Bertz CT molecular complexity index is 354. The average Bonchev–Trinajstić information content (AvgIpc) is 2.18. The van der Waals surface area contributed by atoms with Crippen LogP contribution in [0.1, 0.15) is 11.5 Å². The Morgan fingerprint density at radius 2 is 1.60 bits per heavy atom. The van der Waals surface area contributed by atoms with Crippen LogP contribution in [0.4, 0.5) is 0 Å². The number of ether oxygens (including phenoxy) is 1. The highest BCUT2D eigenvalue weighted by Crippen LogP contribution is 2.19. The average molecular weight is 210 g/mol. The zero-order valence-corrected chi connectivity index (χ0v) is 8.01. The molecule has 5 heteroatoms. The van der Waals surface area contributed by atoms with Crippen LogP contribution in [0.2, 0.25) is 0 Å². The highest BCUT2D eigenvalue weighted by Gasteiger charge is 2.27. The number of carboxylic acid groups (broad SMARTS) is 2. The number of carboxylic acids is 2. The Labute approximate surface area is 85.9 Å². The van der Waals surface area contributed by atoms with E-state index in [1.807, 2.05) is 0 Å². The third kappa shape index (κ3) is 2.46. The summed E-state index contributed by atoms with van der Waals surface area (Å²) in [5.74, 6) is -3.75. The zero-order valence-electron chi connectivity index (χ0n) is 8.01. The molecule has 2 N–H and O–H groups in total. The molecule has 80 valence electrons. The van der Waals surface area contributed by atoms with E-state index < -0.39 is 17.9 Å². The van der Waals surface area contributed by atoms with Crippen molar-refractivity contribution >= 4 is 11.9 Å². The molecule has 0 bridgehead atoms. The summed E-state index contributed by atoms with van der Waals surface area (Å²) in [6, 6.07) is 5.89. The lowest BCUT2D eigenvalue weighted by Crippen LogP contribution is -2.20. The Morgan fingerprint density at radius 1 is 1.13 bits per heavy atom. The van der Waals surface area contributed by atoms with Crippen LogP contribution in [0.25, 0.3) is 0 Å². The molecule has 0 aliphatic carbocycles. The molecule has 0 saturated carbocycles. The van der Waals surface area contributed by atoms with E-state index in [1.165, 1.54) is 31.4 Å². The van der Waals surface area contributed by atoms with Gasteiger partial charge in [-0.3, -0.25) is 9.59 Å². The largest absolute Gasteiger partial charge is 0.497 e.